The number of primary sulfonamides is 1. The number of fused-ring (bicyclic) bond motifs is 1. The first kappa shape index (κ1) is 14.7. The molecular formula is C8H6KN7O2S. The summed E-state index contributed by atoms with van der Waals surface area (Å²) >= 11 is 0. The smallest absolute Gasteiger partial charge is 0.349 e. The zero-order valence-corrected chi connectivity index (χ0v) is 13.7. The molecule has 0 bridgehead atoms. The molecule has 0 aliphatic carbocycles. The summed E-state index contributed by atoms with van der Waals surface area (Å²) in [5, 5.41) is 15.6. The van der Waals surface area contributed by atoms with Crippen molar-refractivity contribution >= 4 is 21.1 Å². The van der Waals surface area contributed by atoms with E-state index < -0.39 is 10.0 Å². The normalized spacial score (nSPS) is 11.4. The second-order valence-corrected chi connectivity index (χ2v) is 4.93. The molecule has 0 amide bonds. The van der Waals surface area contributed by atoms with E-state index in [0.717, 1.165) is 0 Å². The van der Waals surface area contributed by atoms with Gasteiger partial charge in [-0.05, 0) is 11.5 Å². The van der Waals surface area contributed by atoms with Crippen molar-refractivity contribution in [1.29, 1.82) is 0 Å². The Bertz CT molecular complexity index is 824. The minimum absolute atomic E-state index is 0. The van der Waals surface area contributed by atoms with E-state index >= 15 is 0 Å². The van der Waals surface area contributed by atoms with Crippen LogP contribution in [0.2, 0.25) is 0 Å². The summed E-state index contributed by atoms with van der Waals surface area (Å²) in [5.41, 5.74) is 0.479. The Labute approximate surface area is 150 Å². The van der Waals surface area contributed by atoms with Crippen molar-refractivity contribution in [2.75, 3.05) is 0 Å². The van der Waals surface area contributed by atoms with Crippen molar-refractivity contribution < 1.29 is 59.8 Å². The van der Waals surface area contributed by atoms with Crippen LogP contribution in [0.4, 0.5) is 0 Å². The molecule has 0 unspecified atom stereocenters. The molecular weight excluding hydrogens is 297 g/mol. The average molecular weight is 303 g/mol. The number of rotatable bonds is 2. The van der Waals surface area contributed by atoms with Gasteiger partial charge in [-0.25, -0.2) is 13.6 Å². The monoisotopic (exact) mass is 303 g/mol. The number of nitrogens with one attached hydrogen (secondary N) is 1. The van der Waals surface area contributed by atoms with Crippen molar-refractivity contribution in [3.8, 4) is 5.82 Å². The van der Waals surface area contributed by atoms with Crippen molar-refractivity contribution in [3.63, 3.8) is 0 Å². The van der Waals surface area contributed by atoms with Crippen LogP contribution < -0.4 is 56.5 Å². The van der Waals surface area contributed by atoms with E-state index in [1.54, 1.807) is 0 Å². The number of sulfonamides is 1. The van der Waals surface area contributed by atoms with Gasteiger partial charge >= 0.3 is 51.4 Å². The predicted octanol–water partition coefficient (Wildman–Crippen LogP) is -4.01. The van der Waals surface area contributed by atoms with Crippen LogP contribution in [0, 0.1) is 6.33 Å². The summed E-state index contributed by atoms with van der Waals surface area (Å²) < 4.78 is 23.5. The first-order chi connectivity index (χ1) is 8.55. The molecule has 3 aromatic heterocycles. The third kappa shape index (κ3) is 2.76. The standard InChI is InChI=1S/C8H6N7O2S.K/c9-18(16,17)6-1-2-15(14-6)8-5-3-12-13-7(5)10-4-11-8;/h1-3H,(H2,9,16,17)(H,10,11,12,13);/q-1;+1. The first-order valence-corrected chi connectivity index (χ1v) is 6.26. The molecule has 0 fully saturated rings. The molecule has 3 N–H and O–H groups in total. The van der Waals surface area contributed by atoms with Crippen LogP contribution in [0.1, 0.15) is 0 Å². The Kier molecular flexibility index (Phi) is 4.15. The number of nitrogens with two attached hydrogens (primary N) is 1. The fraction of sp³-hybridized carbons (Fsp3) is 0. The van der Waals surface area contributed by atoms with E-state index in [2.05, 4.69) is 31.6 Å². The van der Waals surface area contributed by atoms with Crippen LogP contribution in [0.5, 0.6) is 0 Å². The largest absolute Gasteiger partial charge is 1.00 e. The molecule has 9 nitrogen and oxygen atoms in total. The molecule has 0 saturated heterocycles. The maximum atomic E-state index is 11.1. The van der Waals surface area contributed by atoms with Crippen LogP contribution >= 0.6 is 0 Å². The van der Waals surface area contributed by atoms with Gasteiger partial charge in [-0.15, -0.1) is 0 Å². The van der Waals surface area contributed by atoms with E-state index in [0.29, 0.717) is 16.9 Å². The van der Waals surface area contributed by atoms with Gasteiger partial charge in [0.2, 0.25) is 0 Å². The Morgan fingerprint density at radius 2 is 2.16 bits per heavy atom. The van der Waals surface area contributed by atoms with Gasteiger partial charge in [0, 0.05) is 24.4 Å². The molecule has 92 valence electrons. The minimum atomic E-state index is -3.84. The summed E-state index contributed by atoms with van der Waals surface area (Å²) in [5.74, 6) is 0.364. The quantitative estimate of drug-likeness (QED) is 0.366. The van der Waals surface area contributed by atoms with Crippen LogP contribution in [0.15, 0.2) is 23.5 Å². The van der Waals surface area contributed by atoms with E-state index in [1.807, 2.05) is 0 Å². The second kappa shape index (κ2) is 5.36. The fourth-order valence-corrected chi connectivity index (χ4v) is 1.91. The Morgan fingerprint density at radius 1 is 1.37 bits per heavy atom. The molecule has 19 heavy (non-hydrogen) atoms. The van der Waals surface area contributed by atoms with E-state index in [-0.39, 0.29) is 56.4 Å². The van der Waals surface area contributed by atoms with Crippen LogP contribution in [-0.2, 0) is 10.0 Å². The topological polar surface area (TPSA) is 132 Å². The number of hydrogen-bond acceptors (Lipinski definition) is 6. The molecule has 0 radical (unpaired) electrons. The molecule has 0 spiro atoms. The summed E-state index contributed by atoms with van der Waals surface area (Å²) in [7, 11) is -3.84. The molecule has 0 atom stereocenters. The minimum Gasteiger partial charge on any atom is -0.349 e. The zero-order chi connectivity index (χ0) is 12.8. The van der Waals surface area contributed by atoms with Gasteiger partial charge in [0.05, 0.1) is 5.82 Å². The molecule has 11 heteroatoms. The van der Waals surface area contributed by atoms with Crippen LogP contribution in [0.3, 0.4) is 0 Å². The molecule has 3 heterocycles. The second-order valence-electron chi connectivity index (χ2n) is 3.42. The first-order valence-electron chi connectivity index (χ1n) is 4.72. The summed E-state index contributed by atoms with van der Waals surface area (Å²) in [6, 6.07) is 1.28. The summed E-state index contributed by atoms with van der Waals surface area (Å²) in [6.45, 7) is 0. The molecule has 0 saturated carbocycles. The van der Waals surface area contributed by atoms with Crippen LogP contribution in [-0.4, -0.2) is 38.4 Å². The molecule has 0 aliphatic rings. The maximum absolute atomic E-state index is 11.1. The van der Waals surface area contributed by atoms with Gasteiger partial charge in [0.25, 0.3) is 10.0 Å². The van der Waals surface area contributed by atoms with E-state index in [4.69, 9.17) is 5.14 Å². The Hall–Kier alpha value is -0.694. The maximum Gasteiger partial charge on any atom is 1.00 e. The Morgan fingerprint density at radius 3 is 2.84 bits per heavy atom. The van der Waals surface area contributed by atoms with Gasteiger partial charge in [-0.1, -0.05) is 0 Å². The third-order valence-corrected chi connectivity index (χ3v) is 3.05. The third-order valence-electron chi connectivity index (χ3n) is 2.25. The number of nitrogens with zero attached hydrogens (tertiary/aromatic N) is 5. The molecule has 0 aliphatic heterocycles. The van der Waals surface area contributed by atoms with E-state index in [9.17, 15) is 8.42 Å². The SMILES string of the molecule is NS(=O)(=O)c1ccn(-c2n[c-]nc3[nH]ncc23)n1.[K+]. The van der Waals surface area contributed by atoms with Crippen molar-refractivity contribution in [2.24, 2.45) is 5.14 Å². The number of aromatic nitrogens is 6. The number of hydrogen-bond donors (Lipinski definition) is 2. The van der Waals surface area contributed by atoms with Gasteiger partial charge in [0.1, 0.15) is 0 Å². The zero-order valence-electron chi connectivity index (χ0n) is 9.77. The van der Waals surface area contributed by atoms with Gasteiger partial charge in [-0.3, -0.25) is 4.68 Å². The fourth-order valence-electron chi connectivity index (χ4n) is 1.46. The summed E-state index contributed by atoms with van der Waals surface area (Å²) in [6.07, 6.45) is 5.37. The summed E-state index contributed by atoms with van der Waals surface area (Å²) in [4.78, 5) is 7.76. The van der Waals surface area contributed by atoms with Crippen LogP contribution in [0.25, 0.3) is 16.9 Å². The average Bonchev–Trinajstić information content (AvgIpc) is 2.96. The van der Waals surface area contributed by atoms with Gasteiger partial charge in [0.15, 0.2) is 5.03 Å². The van der Waals surface area contributed by atoms with Crippen molar-refractivity contribution in [3.05, 3.63) is 24.8 Å². The number of H-pyrrole nitrogens is 1. The molecule has 0 aromatic carbocycles. The van der Waals surface area contributed by atoms with E-state index in [1.165, 1.54) is 23.1 Å². The van der Waals surface area contributed by atoms with Gasteiger partial charge in [-0.2, -0.15) is 10.2 Å². The molecule has 3 aromatic rings. The van der Waals surface area contributed by atoms with Crippen molar-refractivity contribution in [1.82, 2.24) is 29.9 Å². The number of aromatic amines is 1. The van der Waals surface area contributed by atoms with Gasteiger partial charge < -0.3 is 15.1 Å². The molecule has 3 rings (SSSR count). The Balaban J connectivity index is 0.00000133. The van der Waals surface area contributed by atoms with Crippen molar-refractivity contribution in [2.45, 2.75) is 5.03 Å². The predicted molar refractivity (Wildman–Crippen MR) is 59.0 cm³/mol.